The van der Waals surface area contributed by atoms with Gasteiger partial charge in [0.2, 0.25) is 0 Å². The highest BCUT2D eigenvalue weighted by Crippen LogP contribution is 2.32. The number of alkyl halides is 3. The number of fused-ring (bicyclic) bond motifs is 1. The first-order valence-electron chi connectivity index (χ1n) is 10.8. The summed E-state index contributed by atoms with van der Waals surface area (Å²) in [4.78, 5) is 17.1. The van der Waals surface area contributed by atoms with Crippen LogP contribution in [0, 0.1) is 5.92 Å². The van der Waals surface area contributed by atoms with E-state index < -0.39 is 6.36 Å². The molecule has 2 heterocycles. The van der Waals surface area contributed by atoms with Gasteiger partial charge in [0.1, 0.15) is 5.75 Å². The molecule has 7 heteroatoms. The zero-order valence-electron chi connectivity index (χ0n) is 18.1. The second-order valence-electron chi connectivity index (χ2n) is 8.73. The Labute approximate surface area is 186 Å². The molecule has 0 radical (unpaired) electrons. The van der Waals surface area contributed by atoms with Gasteiger partial charge in [0.15, 0.2) is 0 Å². The molecule has 2 aliphatic rings. The molecule has 4 nitrogen and oxygen atoms in total. The van der Waals surface area contributed by atoms with Crippen LogP contribution < -0.4 is 4.74 Å². The van der Waals surface area contributed by atoms with Gasteiger partial charge in [0, 0.05) is 13.1 Å². The van der Waals surface area contributed by atoms with Crippen molar-refractivity contribution < 1.29 is 22.7 Å². The van der Waals surface area contributed by atoms with Gasteiger partial charge < -0.3 is 14.5 Å². The summed E-state index contributed by atoms with van der Waals surface area (Å²) in [5.41, 5.74) is 4.51. The molecule has 1 amide bonds. The van der Waals surface area contributed by atoms with Gasteiger partial charge in [-0.05, 0) is 79.7 Å². The average Bonchev–Trinajstić information content (AvgIpc) is 3.05. The fourth-order valence-corrected chi connectivity index (χ4v) is 4.64. The molecule has 32 heavy (non-hydrogen) atoms. The minimum absolute atomic E-state index is 0.0728. The maximum absolute atomic E-state index is 13.1. The highest BCUT2D eigenvalue weighted by molar-refractivity contribution is 6.01. The molecule has 0 atom stereocenters. The van der Waals surface area contributed by atoms with Crippen LogP contribution in [0.15, 0.2) is 43.0 Å². The van der Waals surface area contributed by atoms with Crippen molar-refractivity contribution in [2.24, 2.45) is 5.92 Å². The lowest BCUT2D eigenvalue weighted by atomic mass is 9.88. The second-order valence-corrected chi connectivity index (χ2v) is 8.73. The van der Waals surface area contributed by atoms with Crippen LogP contribution in [0.4, 0.5) is 13.2 Å². The maximum atomic E-state index is 13.1. The fraction of sp³-hybridized carbons (Fsp3) is 0.400. The van der Waals surface area contributed by atoms with Crippen molar-refractivity contribution in [3.8, 4) is 5.75 Å². The minimum atomic E-state index is -4.72. The number of benzene rings is 2. The van der Waals surface area contributed by atoms with E-state index in [-0.39, 0.29) is 11.7 Å². The molecule has 2 aliphatic heterocycles. The van der Waals surface area contributed by atoms with E-state index in [0.29, 0.717) is 24.6 Å². The zero-order chi connectivity index (χ0) is 22.9. The van der Waals surface area contributed by atoms with E-state index in [2.05, 4.69) is 35.4 Å². The van der Waals surface area contributed by atoms with Gasteiger partial charge in [-0.25, -0.2) is 0 Å². The number of amides is 1. The van der Waals surface area contributed by atoms with Crippen molar-refractivity contribution in [3.63, 3.8) is 0 Å². The number of halogens is 3. The Morgan fingerprint density at radius 1 is 1.12 bits per heavy atom. The van der Waals surface area contributed by atoms with Crippen LogP contribution in [0.5, 0.6) is 5.75 Å². The van der Waals surface area contributed by atoms with Gasteiger partial charge in [-0.2, -0.15) is 0 Å². The Bertz CT molecular complexity index is 993. The quantitative estimate of drug-likeness (QED) is 0.609. The summed E-state index contributed by atoms with van der Waals surface area (Å²) in [5, 5.41) is 0. The van der Waals surface area contributed by atoms with E-state index in [1.165, 1.54) is 30.5 Å². The molecular formula is C25H27F3N2O2. The molecule has 2 aromatic carbocycles. The molecule has 0 N–H and O–H groups in total. The normalized spacial score (nSPS) is 17.5. The van der Waals surface area contributed by atoms with Gasteiger partial charge in [-0.3, -0.25) is 4.79 Å². The minimum Gasteiger partial charge on any atom is -0.406 e. The van der Waals surface area contributed by atoms with E-state index in [9.17, 15) is 18.0 Å². The molecule has 1 saturated heterocycles. The SMILES string of the molecule is C=Cc1cc(CC2CCN(C)CC2)cc2c1C(=O)N(Cc1ccc(OC(F)(F)F)cc1)C2. The molecule has 170 valence electrons. The smallest absolute Gasteiger partial charge is 0.406 e. The predicted octanol–water partition coefficient (Wildman–Crippen LogP) is 5.27. The third kappa shape index (κ3) is 5.15. The molecule has 0 aromatic heterocycles. The summed E-state index contributed by atoms with van der Waals surface area (Å²) in [6, 6.07) is 9.86. The predicted molar refractivity (Wildman–Crippen MR) is 117 cm³/mol. The largest absolute Gasteiger partial charge is 0.573 e. The summed E-state index contributed by atoms with van der Waals surface area (Å²) in [5.74, 6) is 0.300. The number of hydrogen-bond acceptors (Lipinski definition) is 3. The Balaban J connectivity index is 1.47. The van der Waals surface area contributed by atoms with E-state index in [1.54, 1.807) is 23.1 Å². The number of carbonyl (C=O) groups excluding carboxylic acids is 1. The van der Waals surface area contributed by atoms with Crippen molar-refractivity contribution in [2.45, 2.75) is 38.7 Å². The molecule has 0 spiro atoms. The van der Waals surface area contributed by atoms with Crippen LogP contribution in [0.3, 0.4) is 0 Å². The average molecular weight is 444 g/mol. The van der Waals surface area contributed by atoms with Crippen molar-refractivity contribution in [3.05, 3.63) is 70.8 Å². The summed E-state index contributed by atoms with van der Waals surface area (Å²) < 4.78 is 41.0. The maximum Gasteiger partial charge on any atom is 0.573 e. The lowest BCUT2D eigenvalue weighted by molar-refractivity contribution is -0.274. The topological polar surface area (TPSA) is 32.8 Å². The molecule has 4 rings (SSSR count). The summed E-state index contributed by atoms with van der Waals surface area (Å²) in [6.45, 7) is 6.94. The summed E-state index contributed by atoms with van der Waals surface area (Å²) in [6.07, 6.45) is 0.366. The standard InChI is InChI=1S/C25H27F3N2O2/c1-3-20-13-19(12-17-8-10-29(2)11-9-17)14-21-16-30(24(31)23(20)21)15-18-4-6-22(7-5-18)32-25(26,27)28/h3-7,13-14,17H,1,8-12,15-16H2,2H3. The van der Waals surface area contributed by atoms with Crippen molar-refractivity contribution in [2.75, 3.05) is 20.1 Å². The number of ether oxygens (including phenoxy) is 1. The first kappa shape index (κ1) is 22.4. The zero-order valence-corrected chi connectivity index (χ0v) is 18.1. The van der Waals surface area contributed by atoms with Crippen LogP contribution in [0.25, 0.3) is 6.08 Å². The third-order valence-electron chi connectivity index (χ3n) is 6.29. The first-order chi connectivity index (χ1) is 15.2. The first-order valence-corrected chi connectivity index (χ1v) is 10.8. The van der Waals surface area contributed by atoms with Crippen molar-refractivity contribution >= 4 is 12.0 Å². The number of likely N-dealkylation sites (tertiary alicyclic amines) is 1. The van der Waals surface area contributed by atoms with Crippen LogP contribution in [-0.4, -0.2) is 42.2 Å². The van der Waals surface area contributed by atoms with Gasteiger partial charge in [-0.15, -0.1) is 13.2 Å². The van der Waals surface area contributed by atoms with Crippen LogP contribution in [-0.2, 0) is 19.5 Å². The number of carbonyl (C=O) groups is 1. The van der Waals surface area contributed by atoms with Crippen molar-refractivity contribution in [1.82, 2.24) is 9.80 Å². The van der Waals surface area contributed by atoms with Gasteiger partial charge in [-0.1, -0.05) is 36.9 Å². The highest BCUT2D eigenvalue weighted by Gasteiger charge is 2.32. The number of piperidine rings is 1. The molecule has 1 fully saturated rings. The lowest BCUT2D eigenvalue weighted by Gasteiger charge is -2.29. The highest BCUT2D eigenvalue weighted by atomic mass is 19.4. The molecule has 0 bridgehead atoms. The molecule has 0 unspecified atom stereocenters. The van der Waals surface area contributed by atoms with Gasteiger partial charge >= 0.3 is 6.36 Å². The summed E-state index contributed by atoms with van der Waals surface area (Å²) in [7, 11) is 2.15. The molecule has 0 saturated carbocycles. The van der Waals surface area contributed by atoms with Crippen LogP contribution in [0.1, 0.15) is 45.5 Å². The van der Waals surface area contributed by atoms with E-state index >= 15 is 0 Å². The van der Waals surface area contributed by atoms with Gasteiger partial charge in [0.25, 0.3) is 5.91 Å². The number of nitrogens with zero attached hydrogens (tertiary/aromatic N) is 2. The lowest BCUT2D eigenvalue weighted by Crippen LogP contribution is -2.30. The molecule has 2 aromatic rings. The van der Waals surface area contributed by atoms with Crippen LogP contribution >= 0.6 is 0 Å². The van der Waals surface area contributed by atoms with E-state index in [1.807, 2.05) is 0 Å². The second kappa shape index (κ2) is 8.98. The monoisotopic (exact) mass is 444 g/mol. The third-order valence-corrected chi connectivity index (χ3v) is 6.29. The van der Waals surface area contributed by atoms with E-state index in [4.69, 9.17) is 0 Å². The summed E-state index contributed by atoms with van der Waals surface area (Å²) >= 11 is 0. The van der Waals surface area contributed by atoms with Crippen LogP contribution in [0.2, 0.25) is 0 Å². The Hall–Kier alpha value is -2.80. The Morgan fingerprint density at radius 3 is 2.44 bits per heavy atom. The fourth-order valence-electron chi connectivity index (χ4n) is 4.64. The number of hydrogen-bond donors (Lipinski definition) is 0. The van der Waals surface area contributed by atoms with Crippen molar-refractivity contribution in [1.29, 1.82) is 0 Å². The number of rotatable bonds is 6. The van der Waals surface area contributed by atoms with Gasteiger partial charge in [0.05, 0.1) is 5.56 Å². The Morgan fingerprint density at radius 2 is 1.81 bits per heavy atom. The molecule has 0 aliphatic carbocycles. The molecular weight excluding hydrogens is 417 g/mol. The Kier molecular flexibility index (Phi) is 6.29. The van der Waals surface area contributed by atoms with E-state index in [0.717, 1.165) is 36.2 Å².